The zero-order valence-electron chi connectivity index (χ0n) is 7.83. The molecule has 2 aromatic rings. The predicted molar refractivity (Wildman–Crippen MR) is 58.0 cm³/mol. The van der Waals surface area contributed by atoms with Crippen LogP contribution in [0, 0.1) is 0 Å². The first-order valence-corrected chi connectivity index (χ1v) is 4.90. The number of carbonyl (C=O) groups is 1. The van der Waals surface area contributed by atoms with Crippen LogP contribution in [0.25, 0.3) is 10.9 Å². The zero-order chi connectivity index (χ0) is 10.1. The van der Waals surface area contributed by atoms with Crippen molar-refractivity contribution in [3.63, 3.8) is 0 Å². The average Bonchev–Trinajstić information content (AvgIpc) is 2.59. The average molecular weight is 208 g/mol. The van der Waals surface area contributed by atoms with Gasteiger partial charge in [0.15, 0.2) is 5.78 Å². The lowest BCUT2D eigenvalue weighted by Crippen LogP contribution is -1.99. The summed E-state index contributed by atoms with van der Waals surface area (Å²) in [6, 6.07) is 7.61. The second-order valence-electron chi connectivity index (χ2n) is 3.26. The van der Waals surface area contributed by atoms with E-state index in [9.17, 15) is 4.79 Å². The Hall–Kier alpha value is -1.28. The molecule has 0 atom stereocenters. The smallest absolute Gasteiger partial charge is 0.177 e. The number of nitrogens with zero attached hydrogens (tertiary/aromatic N) is 1. The van der Waals surface area contributed by atoms with Crippen molar-refractivity contribution in [3.8, 4) is 0 Å². The number of fused-ring (bicyclic) bond motifs is 1. The van der Waals surface area contributed by atoms with Crippen LogP contribution in [0.15, 0.2) is 30.5 Å². The summed E-state index contributed by atoms with van der Waals surface area (Å²) in [4.78, 5) is 11.3. The fourth-order valence-corrected chi connectivity index (χ4v) is 1.69. The van der Waals surface area contributed by atoms with E-state index >= 15 is 0 Å². The zero-order valence-corrected chi connectivity index (χ0v) is 8.58. The van der Waals surface area contributed by atoms with Crippen molar-refractivity contribution in [2.24, 2.45) is 7.05 Å². The van der Waals surface area contributed by atoms with Gasteiger partial charge in [-0.3, -0.25) is 4.79 Å². The van der Waals surface area contributed by atoms with E-state index in [1.54, 1.807) is 0 Å². The number of rotatable bonds is 2. The maximum atomic E-state index is 11.3. The highest BCUT2D eigenvalue weighted by Crippen LogP contribution is 2.17. The van der Waals surface area contributed by atoms with Crippen molar-refractivity contribution >= 4 is 28.3 Å². The van der Waals surface area contributed by atoms with Gasteiger partial charge in [-0.1, -0.05) is 0 Å². The molecule has 0 bridgehead atoms. The van der Waals surface area contributed by atoms with Gasteiger partial charge in [-0.05, 0) is 24.3 Å². The molecular formula is C11H10ClNO. The molecule has 0 fully saturated rings. The summed E-state index contributed by atoms with van der Waals surface area (Å²) >= 11 is 5.49. The Morgan fingerprint density at radius 3 is 2.93 bits per heavy atom. The summed E-state index contributed by atoms with van der Waals surface area (Å²) in [7, 11) is 1.98. The Labute approximate surface area is 87.1 Å². The molecular weight excluding hydrogens is 198 g/mol. The molecule has 2 nitrogen and oxygen atoms in total. The number of hydrogen-bond acceptors (Lipinski definition) is 1. The van der Waals surface area contributed by atoms with Gasteiger partial charge in [-0.15, -0.1) is 11.6 Å². The van der Waals surface area contributed by atoms with Crippen LogP contribution in [-0.2, 0) is 7.05 Å². The number of halogens is 1. The summed E-state index contributed by atoms with van der Waals surface area (Å²) in [6.45, 7) is 0. The standard InChI is InChI=1S/C11H10ClNO/c1-13-5-4-8-6-9(11(14)7-12)2-3-10(8)13/h2-6H,7H2,1H3. The van der Waals surface area contributed by atoms with Crippen molar-refractivity contribution in [1.29, 1.82) is 0 Å². The lowest BCUT2D eigenvalue weighted by Gasteiger charge is -1.99. The van der Waals surface area contributed by atoms with Gasteiger partial charge in [-0.25, -0.2) is 0 Å². The topological polar surface area (TPSA) is 22.0 Å². The van der Waals surface area contributed by atoms with Crippen LogP contribution in [0.3, 0.4) is 0 Å². The molecule has 0 saturated heterocycles. The molecule has 0 N–H and O–H groups in total. The van der Waals surface area contributed by atoms with Crippen molar-refractivity contribution in [1.82, 2.24) is 4.57 Å². The van der Waals surface area contributed by atoms with E-state index in [0.29, 0.717) is 5.56 Å². The molecule has 1 aromatic carbocycles. The monoisotopic (exact) mass is 207 g/mol. The van der Waals surface area contributed by atoms with Crippen molar-refractivity contribution in [2.75, 3.05) is 5.88 Å². The van der Waals surface area contributed by atoms with E-state index < -0.39 is 0 Å². The summed E-state index contributed by atoms with van der Waals surface area (Å²) in [5.41, 5.74) is 1.80. The minimum atomic E-state index is -0.0302. The van der Waals surface area contributed by atoms with Crippen LogP contribution in [-0.4, -0.2) is 16.2 Å². The van der Waals surface area contributed by atoms with E-state index in [0.717, 1.165) is 10.9 Å². The van der Waals surface area contributed by atoms with Crippen LogP contribution in [0.4, 0.5) is 0 Å². The molecule has 72 valence electrons. The third-order valence-electron chi connectivity index (χ3n) is 2.33. The van der Waals surface area contributed by atoms with Gasteiger partial charge in [0.2, 0.25) is 0 Å². The maximum Gasteiger partial charge on any atom is 0.177 e. The normalized spacial score (nSPS) is 10.7. The molecule has 0 spiro atoms. The molecule has 3 heteroatoms. The molecule has 0 aliphatic heterocycles. The van der Waals surface area contributed by atoms with Gasteiger partial charge >= 0.3 is 0 Å². The molecule has 1 heterocycles. The number of aryl methyl sites for hydroxylation is 1. The van der Waals surface area contributed by atoms with Gasteiger partial charge in [0.1, 0.15) is 0 Å². The summed E-state index contributed by atoms with van der Waals surface area (Å²) < 4.78 is 2.02. The van der Waals surface area contributed by atoms with Gasteiger partial charge in [-0.2, -0.15) is 0 Å². The number of aromatic nitrogens is 1. The van der Waals surface area contributed by atoms with E-state index in [2.05, 4.69) is 0 Å². The second kappa shape index (κ2) is 3.46. The Morgan fingerprint density at radius 1 is 1.43 bits per heavy atom. The van der Waals surface area contributed by atoms with Gasteiger partial charge < -0.3 is 4.57 Å². The van der Waals surface area contributed by atoms with E-state index in [-0.39, 0.29) is 11.7 Å². The molecule has 0 amide bonds. The summed E-state index contributed by atoms with van der Waals surface area (Å²) in [6.07, 6.45) is 1.97. The minimum Gasteiger partial charge on any atom is -0.351 e. The van der Waals surface area contributed by atoms with Crippen molar-refractivity contribution < 1.29 is 4.79 Å². The van der Waals surface area contributed by atoms with E-state index in [1.165, 1.54) is 0 Å². The van der Waals surface area contributed by atoms with Gasteiger partial charge in [0.25, 0.3) is 0 Å². The van der Waals surface area contributed by atoms with Crippen molar-refractivity contribution in [2.45, 2.75) is 0 Å². The Balaban J connectivity index is 2.57. The minimum absolute atomic E-state index is 0.0302. The predicted octanol–water partition coefficient (Wildman–Crippen LogP) is 2.60. The Morgan fingerprint density at radius 2 is 2.21 bits per heavy atom. The van der Waals surface area contributed by atoms with Crippen LogP contribution in [0.1, 0.15) is 10.4 Å². The van der Waals surface area contributed by atoms with E-state index in [1.807, 2.05) is 42.1 Å². The van der Waals surface area contributed by atoms with Gasteiger partial charge in [0, 0.05) is 29.7 Å². The Kier molecular flexibility index (Phi) is 2.30. The Bertz CT molecular complexity index is 487. The summed E-state index contributed by atoms with van der Waals surface area (Å²) in [5, 5.41) is 1.07. The maximum absolute atomic E-state index is 11.3. The first-order valence-electron chi connectivity index (χ1n) is 4.36. The van der Waals surface area contributed by atoms with Crippen LogP contribution in [0.5, 0.6) is 0 Å². The molecule has 0 unspecified atom stereocenters. The molecule has 0 radical (unpaired) electrons. The number of Topliss-reactive ketones (excluding diaryl/α,β-unsaturated/α-hetero) is 1. The van der Waals surface area contributed by atoms with E-state index in [4.69, 9.17) is 11.6 Å². The van der Waals surface area contributed by atoms with Crippen LogP contribution >= 0.6 is 11.6 Å². The third kappa shape index (κ3) is 1.42. The lowest BCUT2D eigenvalue weighted by atomic mass is 10.1. The molecule has 0 aliphatic carbocycles. The molecule has 0 saturated carbocycles. The third-order valence-corrected chi connectivity index (χ3v) is 2.57. The fraction of sp³-hybridized carbons (Fsp3) is 0.182. The lowest BCUT2D eigenvalue weighted by molar-refractivity contribution is 0.102. The summed E-state index contributed by atoms with van der Waals surface area (Å²) in [5.74, 6) is 0.00985. The van der Waals surface area contributed by atoms with Crippen molar-refractivity contribution in [3.05, 3.63) is 36.0 Å². The number of carbonyl (C=O) groups excluding carboxylic acids is 1. The number of ketones is 1. The SMILES string of the molecule is Cn1ccc2cc(C(=O)CCl)ccc21. The second-order valence-corrected chi connectivity index (χ2v) is 3.52. The molecule has 1 aromatic heterocycles. The quantitative estimate of drug-likeness (QED) is 0.548. The number of alkyl halides is 1. The van der Waals surface area contributed by atoms with Gasteiger partial charge in [0.05, 0.1) is 5.88 Å². The highest BCUT2D eigenvalue weighted by atomic mass is 35.5. The molecule has 14 heavy (non-hydrogen) atoms. The van der Waals surface area contributed by atoms with Crippen LogP contribution in [0.2, 0.25) is 0 Å². The molecule has 2 rings (SSSR count). The van der Waals surface area contributed by atoms with Crippen LogP contribution < -0.4 is 0 Å². The largest absolute Gasteiger partial charge is 0.351 e. The molecule has 0 aliphatic rings. The highest BCUT2D eigenvalue weighted by Gasteiger charge is 2.05. The highest BCUT2D eigenvalue weighted by molar-refractivity contribution is 6.30. The number of hydrogen-bond donors (Lipinski definition) is 0. The first kappa shape index (κ1) is 9.28. The first-order chi connectivity index (χ1) is 6.72. The fourth-order valence-electron chi connectivity index (χ4n) is 1.53. The number of benzene rings is 1.